The van der Waals surface area contributed by atoms with Crippen molar-refractivity contribution >= 4 is 28.6 Å². The van der Waals surface area contributed by atoms with E-state index in [4.69, 9.17) is 19.2 Å². The van der Waals surface area contributed by atoms with Crippen LogP contribution in [0.5, 0.6) is 11.5 Å². The van der Waals surface area contributed by atoms with Crippen LogP contribution < -0.4 is 20.5 Å². The van der Waals surface area contributed by atoms with Crippen molar-refractivity contribution in [2.45, 2.75) is 39.7 Å². The van der Waals surface area contributed by atoms with Crippen molar-refractivity contribution in [3.63, 3.8) is 0 Å². The summed E-state index contributed by atoms with van der Waals surface area (Å²) in [6.07, 6.45) is 4.22. The highest BCUT2D eigenvalue weighted by molar-refractivity contribution is 5.97. The number of carbonyl (C=O) groups excluding carboxylic acids is 2. The largest absolute Gasteiger partial charge is 0.462 e. The molecule has 1 aromatic carbocycles. The summed E-state index contributed by atoms with van der Waals surface area (Å²) >= 11 is 0. The summed E-state index contributed by atoms with van der Waals surface area (Å²) in [5.74, 6) is -0.267. The Bertz CT molecular complexity index is 1650. The highest BCUT2D eigenvalue weighted by atomic mass is 16.7. The maximum atomic E-state index is 13.4. The van der Waals surface area contributed by atoms with E-state index in [0.29, 0.717) is 29.3 Å². The SMILES string of the molecule is CCCCCn1c(=NC(=O)c2ccc3c(c2)OCO3)c(C(=O)OCC)cc2c(=O)n3ccccc3nc21. The number of esters is 1. The normalized spacial score (nSPS) is 12.9. The number of rotatable bonds is 7. The van der Waals surface area contributed by atoms with Gasteiger partial charge in [-0.3, -0.25) is 14.0 Å². The Kier molecular flexibility index (Phi) is 6.72. The summed E-state index contributed by atoms with van der Waals surface area (Å²) < 4.78 is 19.1. The predicted molar refractivity (Wildman–Crippen MR) is 135 cm³/mol. The first-order chi connectivity index (χ1) is 18.0. The fourth-order valence-electron chi connectivity index (χ4n) is 4.28. The molecule has 1 aliphatic heterocycles. The Hall–Kier alpha value is -4.47. The van der Waals surface area contributed by atoms with Gasteiger partial charge in [0, 0.05) is 18.3 Å². The minimum Gasteiger partial charge on any atom is -0.462 e. The number of amides is 1. The van der Waals surface area contributed by atoms with Crippen molar-refractivity contribution in [2.75, 3.05) is 13.4 Å². The fourth-order valence-corrected chi connectivity index (χ4v) is 4.28. The van der Waals surface area contributed by atoms with Crippen LogP contribution >= 0.6 is 0 Å². The Morgan fingerprint density at radius 2 is 1.92 bits per heavy atom. The van der Waals surface area contributed by atoms with E-state index in [0.717, 1.165) is 19.3 Å². The number of pyridine rings is 2. The molecule has 0 N–H and O–H groups in total. The van der Waals surface area contributed by atoms with E-state index in [1.54, 1.807) is 54.1 Å². The molecule has 0 aliphatic carbocycles. The van der Waals surface area contributed by atoms with Crippen LogP contribution in [0.25, 0.3) is 16.7 Å². The van der Waals surface area contributed by atoms with E-state index >= 15 is 0 Å². The summed E-state index contributed by atoms with van der Waals surface area (Å²) in [5.41, 5.74) is 0.847. The first-order valence-electron chi connectivity index (χ1n) is 12.2. The van der Waals surface area contributed by atoms with Crippen molar-refractivity contribution in [1.29, 1.82) is 0 Å². The summed E-state index contributed by atoms with van der Waals surface area (Å²) in [4.78, 5) is 48.9. The lowest BCUT2D eigenvalue weighted by Gasteiger charge is -2.15. The lowest BCUT2D eigenvalue weighted by atomic mass is 10.1. The second-order valence-electron chi connectivity index (χ2n) is 8.53. The Balaban J connectivity index is 1.80. The van der Waals surface area contributed by atoms with Gasteiger partial charge in [0.05, 0.1) is 12.0 Å². The maximum Gasteiger partial charge on any atom is 0.341 e. The first-order valence-corrected chi connectivity index (χ1v) is 12.2. The lowest BCUT2D eigenvalue weighted by molar-refractivity contribution is 0.0523. The molecule has 1 aliphatic rings. The van der Waals surface area contributed by atoms with Crippen molar-refractivity contribution in [3.05, 3.63) is 75.6 Å². The fraction of sp³-hybridized carbons (Fsp3) is 0.296. The molecule has 37 heavy (non-hydrogen) atoms. The minimum absolute atomic E-state index is 0.0229. The molecular formula is C27H26N4O6. The van der Waals surface area contributed by atoms with Crippen molar-refractivity contribution in [2.24, 2.45) is 4.99 Å². The van der Waals surface area contributed by atoms with Gasteiger partial charge < -0.3 is 18.8 Å². The zero-order valence-corrected chi connectivity index (χ0v) is 20.6. The topological polar surface area (TPSA) is 113 Å². The standard InChI is InChI=1S/C27H26N4O6/c1-3-5-7-13-31-23-18(26(33)30-12-8-6-9-22(30)28-23)15-19(27(34)35-4-2)24(31)29-25(32)17-10-11-20-21(14-17)37-16-36-20/h6,8-12,14-15H,3-5,7,13,16H2,1-2H3. The van der Waals surface area contributed by atoms with Gasteiger partial charge in [-0.05, 0) is 49.7 Å². The molecule has 10 nitrogen and oxygen atoms in total. The minimum atomic E-state index is -0.677. The van der Waals surface area contributed by atoms with Crippen LogP contribution in [-0.4, -0.2) is 39.2 Å². The van der Waals surface area contributed by atoms with Gasteiger partial charge in [0.25, 0.3) is 11.5 Å². The van der Waals surface area contributed by atoms with Crippen molar-refractivity contribution in [1.82, 2.24) is 14.0 Å². The number of carbonyl (C=O) groups is 2. The van der Waals surface area contributed by atoms with E-state index in [-0.39, 0.29) is 41.0 Å². The van der Waals surface area contributed by atoms with Crippen LogP contribution in [0.2, 0.25) is 0 Å². The lowest BCUT2D eigenvalue weighted by Crippen LogP contribution is -2.33. The average molecular weight is 503 g/mol. The quantitative estimate of drug-likeness (QED) is 0.216. The number of aromatic nitrogens is 3. The molecule has 0 saturated heterocycles. The van der Waals surface area contributed by atoms with E-state index < -0.39 is 11.9 Å². The van der Waals surface area contributed by atoms with Gasteiger partial charge in [0.15, 0.2) is 17.0 Å². The number of hydrogen-bond donors (Lipinski definition) is 0. The predicted octanol–water partition coefficient (Wildman–Crippen LogP) is 3.49. The number of aryl methyl sites for hydroxylation is 1. The molecule has 0 spiro atoms. The van der Waals surface area contributed by atoms with Gasteiger partial charge in [0.1, 0.15) is 16.9 Å². The molecule has 4 aromatic rings. The van der Waals surface area contributed by atoms with Crippen LogP contribution in [0, 0.1) is 0 Å². The molecule has 10 heteroatoms. The molecule has 4 heterocycles. The maximum absolute atomic E-state index is 13.4. The molecular weight excluding hydrogens is 476 g/mol. The van der Waals surface area contributed by atoms with Crippen molar-refractivity contribution < 1.29 is 23.8 Å². The highest BCUT2D eigenvalue weighted by Crippen LogP contribution is 2.32. The molecule has 0 fully saturated rings. The van der Waals surface area contributed by atoms with Crippen molar-refractivity contribution in [3.8, 4) is 11.5 Å². The average Bonchev–Trinajstić information content (AvgIpc) is 3.38. The van der Waals surface area contributed by atoms with E-state index in [1.165, 1.54) is 10.5 Å². The third-order valence-corrected chi connectivity index (χ3v) is 6.10. The van der Waals surface area contributed by atoms with Gasteiger partial charge in [-0.1, -0.05) is 25.8 Å². The second-order valence-corrected chi connectivity index (χ2v) is 8.53. The molecule has 0 atom stereocenters. The van der Waals surface area contributed by atoms with Crippen LogP contribution in [0.4, 0.5) is 0 Å². The molecule has 0 saturated carbocycles. The smallest absolute Gasteiger partial charge is 0.341 e. The third kappa shape index (κ3) is 4.57. The molecule has 3 aromatic heterocycles. The van der Waals surface area contributed by atoms with Crippen LogP contribution in [-0.2, 0) is 11.3 Å². The Labute approximate surface area is 211 Å². The molecule has 0 unspecified atom stereocenters. The summed E-state index contributed by atoms with van der Waals surface area (Å²) in [6.45, 7) is 4.36. The molecule has 5 rings (SSSR count). The third-order valence-electron chi connectivity index (χ3n) is 6.10. The van der Waals surface area contributed by atoms with Gasteiger partial charge >= 0.3 is 5.97 Å². The molecule has 1 amide bonds. The number of fused-ring (bicyclic) bond motifs is 3. The van der Waals surface area contributed by atoms with Gasteiger partial charge in [-0.25, -0.2) is 9.78 Å². The van der Waals surface area contributed by atoms with Gasteiger partial charge in [0.2, 0.25) is 6.79 Å². The van der Waals surface area contributed by atoms with Crippen LogP contribution in [0.3, 0.4) is 0 Å². The van der Waals surface area contributed by atoms with E-state index in [1.807, 2.05) is 0 Å². The summed E-state index contributed by atoms with van der Waals surface area (Å²) in [5, 5.41) is 0.234. The first kappa shape index (κ1) is 24.2. The van der Waals surface area contributed by atoms with Crippen LogP contribution in [0.1, 0.15) is 53.8 Å². The van der Waals surface area contributed by atoms with Gasteiger partial charge in [-0.15, -0.1) is 0 Å². The number of hydrogen-bond acceptors (Lipinski definition) is 7. The highest BCUT2D eigenvalue weighted by Gasteiger charge is 2.21. The molecule has 0 radical (unpaired) electrons. The number of benzene rings is 1. The van der Waals surface area contributed by atoms with Crippen LogP contribution in [0.15, 0.2) is 58.4 Å². The molecule has 0 bridgehead atoms. The summed E-state index contributed by atoms with van der Waals surface area (Å²) in [6, 6.07) is 11.5. The monoisotopic (exact) mass is 502 g/mol. The zero-order valence-electron chi connectivity index (χ0n) is 20.6. The Morgan fingerprint density at radius 3 is 2.73 bits per heavy atom. The number of ether oxygens (including phenoxy) is 3. The van der Waals surface area contributed by atoms with Gasteiger partial charge in [-0.2, -0.15) is 4.99 Å². The number of unbranched alkanes of at least 4 members (excludes halogenated alkanes) is 2. The number of nitrogens with zero attached hydrogens (tertiary/aromatic N) is 4. The molecule has 190 valence electrons. The summed E-state index contributed by atoms with van der Waals surface area (Å²) in [7, 11) is 0. The second kappa shape index (κ2) is 10.3. The van der Waals surface area contributed by atoms with E-state index in [2.05, 4.69) is 11.9 Å². The Morgan fingerprint density at radius 1 is 1.08 bits per heavy atom. The zero-order chi connectivity index (χ0) is 25.9. The van der Waals surface area contributed by atoms with E-state index in [9.17, 15) is 14.4 Å².